The molecule has 0 spiro atoms. The summed E-state index contributed by atoms with van der Waals surface area (Å²) in [7, 11) is 0. The summed E-state index contributed by atoms with van der Waals surface area (Å²) in [6.45, 7) is 1.83. The van der Waals surface area contributed by atoms with Gasteiger partial charge < -0.3 is 11.1 Å². The molecule has 0 aliphatic rings. The number of amides is 1. The van der Waals surface area contributed by atoms with Gasteiger partial charge in [-0.1, -0.05) is 18.2 Å². The van der Waals surface area contributed by atoms with Crippen LogP contribution in [0.5, 0.6) is 0 Å². The molecular weight excluding hydrogens is 264 g/mol. The van der Waals surface area contributed by atoms with Crippen LogP contribution in [0, 0.1) is 0 Å². The molecule has 106 valence electrons. The van der Waals surface area contributed by atoms with E-state index < -0.39 is 6.04 Å². The smallest absolute Gasteiger partial charge is 0.248 e. The zero-order valence-electron chi connectivity index (χ0n) is 11.7. The third-order valence-corrected chi connectivity index (χ3v) is 3.43. The Kier molecular flexibility index (Phi) is 3.31. The van der Waals surface area contributed by atoms with Crippen LogP contribution >= 0.6 is 0 Å². The van der Waals surface area contributed by atoms with Gasteiger partial charge in [0.2, 0.25) is 5.91 Å². The number of nitrogens with zero attached hydrogens (tertiary/aromatic N) is 2. The molecule has 0 fully saturated rings. The first-order chi connectivity index (χ1) is 10.1. The van der Waals surface area contributed by atoms with Gasteiger partial charge in [-0.15, -0.1) is 0 Å². The van der Waals surface area contributed by atoms with Crippen LogP contribution in [-0.4, -0.2) is 15.7 Å². The van der Waals surface area contributed by atoms with E-state index in [1.165, 1.54) is 0 Å². The summed E-state index contributed by atoms with van der Waals surface area (Å²) in [6.07, 6.45) is 1.77. The zero-order valence-corrected chi connectivity index (χ0v) is 11.7. The normalized spacial score (nSPS) is 12.2. The molecule has 2 aromatic carbocycles. The monoisotopic (exact) mass is 280 g/mol. The number of nitrogen functional groups attached to an aromatic ring is 1. The minimum Gasteiger partial charge on any atom is -0.399 e. The predicted octanol–water partition coefficient (Wildman–Crippen LogP) is 2.82. The number of fused-ring (bicyclic) bond motifs is 1. The number of anilines is 2. The molecule has 0 radical (unpaired) electrons. The SMILES string of the molecule is CC(C(=O)Nc1ccc(N)cc1)n1ncc2ccccc21. The van der Waals surface area contributed by atoms with Crippen molar-refractivity contribution in [1.82, 2.24) is 9.78 Å². The number of carbonyl (C=O) groups excluding carboxylic acids is 1. The summed E-state index contributed by atoms with van der Waals surface area (Å²) in [5, 5.41) is 8.19. The third kappa shape index (κ3) is 2.58. The average Bonchev–Trinajstić information content (AvgIpc) is 2.92. The molecule has 1 aromatic heterocycles. The van der Waals surface area contributed by atoms with Crippen molar-refractivity contribution >= 4 is 28.2 Å². The molecule has 3 rings (SSSR count). The fourth-order valence-corrected chi connectivity index (χ4v) is 2.22. The van der Waals surface area contributed by atoms with E-state index in [1.807, 2.05) is 31.2 Å². The first-order valence-electron chi connectivity index (χ1n) is 6.74. The Morgan fingerprint density at radius 3 is 2.67 bits per heavy atom. The molecule has 0 saturated carbocycles. The van der Waals surface area contributed by atoms with Crippen molar-refractivity contribution in [2.24, 2.45) is 0 Å². The Hall–Kier alpha value is -2.82. The molecule has 5 nitrogen and oxygen atoms in total. The Bertz CT molecular complexity index is 776. The maximum Gasteiger partial charge on any atom is 0.248 e. The number of aromatic nitrogens is 2. The van der Waals surface area contributed by atoms with E-state index in [1.54, 1.807) is 35.1 Å². The van der Waals surface area contributed by atoms with Crippen LogP contribution in [0.2, 0.25) is 0 Å². The van der Waals surface area contributed by atoms with E-state index in [4.69, 9.17) is 5.73 Å². The first kappa shape index (κ1) is 13.2. The van der Waals surface area contributed by atoms with Crippen LogP contribution < -0.4 is 11.1 Å². The van der Waals surface area contributed by atoms with Crippen molar-refractivity contribution in [2.75, 3.05) is 11.1 Å². The van der Waals surface area contributed by atoms with Crippen LogP contribution in [0.3, 0.4) is 0 Å². The third-order valence-electron chi connectivity index (χ3n) is 3.43. The van der Waals surface area contributed by atoms with Crippen molar-refractivity contribution in [3.05, 3.63) is 54.7 Å². The maximum absolute atomic E-state index is 12.3. The van der Waals surface area contributed by atoms with E-state index >= 15 is 0 Å². The fraction of sp³-hybridized carbons (Fsp3) is 0.125. The molecule has 0 bridgehead atoms. The van der Waals surface area contributed by atoms with E-state index in [2.05, 4.69) is 10.4 Å². The summed E-state index contributed by atoms with van der Waals surface area (Å²) < 4.78 is 1.72. The minimum absolute atomic E-state index is 0.117. The van der Waals surface area contributed by atoms with Gasteiger partial charge in [0.25, 0.3) is 0 Å². The summed E-state index contributed by atoms with van der Waals surface area (Å²) in [5.74, 6) is -0.117. The average molecular weight is 280 g/mol. The van der Waals surface area contributed by atoms with E-state index in [9.17, 15) is 4.79 Å². The molecule has 0 saturated heterocycles. The molecule has 5 heteroatoms. The van der Waals surface area contributed by atoms with E-state index in [0.717, 1.165) is 16.6 Å². The van der Waals surface area contributed by atoms with Gasteiger partial charge in [-0.25, -0.2) is 0 Å². The van der Waals surface area contributed by atoms with Gasteiger partial charge in [0.1, 0.15) is 6.04 Å². The maximum atomic E-state index is 12.3. The fourth-order valence-electron chi connectivity index (χ4n) is 2.22. The molecule has 3 N–H and O–H groups in total. The molecule has 1 heterocycles. The Labute approximate surface area is 122 Å². The zero-order chi connectivity index (χ0) is 14.8. The Morgan fingerprint density at radius 1 is 1.19 bits per heavy atom. The lowest BCUT2D eigenvalue weighted by molar-refractivity contribution is -0.118. The van der Waals surface area contributed by atoms with Gasteiger partial charge in [-0.05, 0) is 37.3 Å². The van der Waals surface area contributed by atoms with Gasteiger partial charge >= 0.3 is 0 Å². The largest absolute Gasteiger partial charge is 0.399 e. The molecule has 0 aliphatic heterocycles. The lowest BCUT2D eigenvalue weighted by atomic mass is 10.2. The highest BCUT2D eigenvalue weighted by molar-refractivity contribution is 5.94. The predicted molar refractivity (Wildman–Crippen MR) is 83.9 cm³/mol. The lowest BCUT2D eigenvalue weighted by Gasteiger charge is -2.14. The van der Waals surface area contributed by atoms with Crippen molar-refractivity contribution in [1.29, 1.82) is 0 Å². The van der Waals surface area contributed by atoms with Crippen LogP contribution in [-0.2, 0) is 4.79 Å². The van der Waals surface area contributed by atoms with Crippen molar-refractivity contribution in [3.8, 4) is 0 Å². The highest BCUT2D eigenvalue weighted by atomic mass is 16.2. The van der Waals surface area contributed by atoms with Gasteiger partial charge in [-0.3, -0.25) is 9.48 Å². The summed E-state index contributed by atoms with van der Waals surface area (Å²) >= 11 is 0. The number of hydrogen-bond donors (Lipinski definition) is 2. The van der Waals surface area contributed by atoms with Crippen molar-refractivity contribution in [3.63, 3.8) is 0 Å². The standard InChI is InChI=1S/C16H16N4O/c1-11(16(21)19-14-8-6-13(17)7-9-14)20-15-5-3-2-4-12(15)10-18-20/h2-11H,17H2,1H3,(H,19,21). The lowest BCUT2D eigenvalue weighted by Crippen LogP contribution is -2.24. The van der Waals surface area contributed by atoms with Gasteiger partial charge in [0, 0.05) is 16.8 Å². The van der Waals surface area contributed by atoms with Gasteiger partial charge in [-0.2, -0.15) is 5.10 Å². The van der Waals surface area contributed by atoms with Crippen LogP contribution in [0.4, 0.5) is 11.4 Å². The molecule has 3 aromatic rings. The molecule has 1 atom stereocenters. The highest BCUT2D eigenvalue weighted by Gasteiger charge is 2.17. The quantitative estimate of drug-likeness (QED) is 0.724. The number of carbonyl (C=O) groups is 1. The van der Waals surface area contributed by atoms with Gasteiger partial charge in [0.15, 0.2) is 0 Å². The van der Waals surface area contributed by atoms with Crippen molar-refractivity contribution < 1.29 is 4.79 Å². The van der Waals surface area contributed by atoms with Gasteiger partial charge in [0.05, 0.1) is 11.7 Å². The van der Waals surface area contributed by atoms with Crippen molar-refractivity contribution in [2.45, 2.75) is 13.0 Å². The number of benzene rings is 2. The topological polar surface area (TPSA) is 72.9 Å². The van der Waals surface area contributed by atoms with Crippen LogP contribution in [0.1, 0.15) is 13.0 Å². The van der Waals surface area contributed by atoms with E-state index in [-0.39, 0.29) is 5.91 Å². The second-order valence-electron chi connectivity index (χ2n) is 4.94. The summed E-state index contributed by atoms with van der Waals surface area (Å²) in [6, 6.07) is 14.5. The number of rotatable bonds is 3. The molecular formula is C16H16N4O. The highest BCUT2D eigenvalue weighted by Crippen LogP contribution is 2.19. The number of nitrogens with one attached hydrogen (secondary N) is 1. The number of para-hydroxylation sites is 1. The Morgan fingerprint density at radius 2 is 1.90 bits per heavy atom. The number of nitrogens with two attached hydrogens (primary N) is 1. The molecule has 1 amide bonds. The first-order valence-corrected chi connectivity index (χ1v) is 6.74. The Balaban J connectivity index is 1.82. The van der Waals surface area contributed by atoms with Crippen LogP contribution in [0.15, 0.2) is 54.7 Å². The second kappa shape index (κ2) is 5.28. The number of hydrogen-bond acceptors (Lipinski definition) is 3. The summed E-state index contributed by atoms with van der Waals surface area (Å²) in [4.78, 5) is 12.3. The molecule has 1 unspecified atom stereocenters. The van der Waals surface area contributed by atoms with Crippen LogP contribution in [0.25, 0.3) is 10.9 Å². The molecule has 21 heavy (non-hydrogen) atoms. The van der Waals surface area contributed by atoms with E-state index in [0.29, 0.717) is 5.69 Å². The minimum atomic E-state index is -0.401. The molecule has 0 aliphatic carbocycles. The second-order valence-corrected chi connectivity index (χ2v) is 4.94. The summed E-state index contributed by atoms with van der Waals surface area (Å²) in [5.41, 5.74) is 7.96.